The van der Waals surface area contributed by atoms with Crippen LogP contribution in [0.3, 0.4) is 0 Å². The van der Waals surface area contributed by atoms with E-state index in [1.54, 1.807) is 0 Å². The average Bonchev–Trinajstić information content (AvgIpc) is 2.75. The van der Waals surface area contributed by atoms with Crippen LogP contribution in [0.1, 0.15) is 51.4 Å². The van der Waals surface area contributed by atoms with E-state index in [1.165, 1.54) is 58.0 Å². The van der Waals surface area contributed by atoms with Crippen molar-refractivity contribution in [1.82, 2.24) is 4.90 Å². The van der Waals surface area contributed by atoms with Crippen LogP contribution in [0.2, 0.25) is 0 Å². The maximum Gasteiger partial charge on any atom is 0.0669 e. The van der Waals surface area contributed by atoms with Crippen molar-refractivity contribution in [3.05, 3.63) is 0 Å². The molecule has 2 rings (SSSR count). The van der Waals surface area contributed by atoms with Crippen molar-refractivity contribution in [2.24, 2.45) is 5.92 Å². The fourth-order valence-corrected chi connectivity index (χ4v) is 4.29. The lowest BCUT2D eigenvalue weighted by Crippen LogP contribution is -2.34. The summed E-state index contributed by atoms with van der Waals surface area (Å²) >= 11 is 2.02. The summed E-state index contributed by atoms with van der Waals surface area (Å²) in [5.74, 6) is 0.811. The number of aliphatic hydroxyl groups excluding tert-OH is 1. The summed E-state index contributed by atoms with van der Waals surface area (Å²) in [6, 6.07) is 0. The molecule has 0 amide bonds. The molecule has 0 aromatic carbocycles. The highest BCUT2D eigenvalue weighted by Gasteiger charge is 2.22. The van der Waals surface area contributed by atoms with Crippen LogP contribution < -0.4 is 0 Å². The molecule has 1 N–H and O–H groups in total. The summed E-state index contributed by atoms with van der Waals surface area (Å²) in [6.45, 7) is 3.30. The third-order valence-corrected chi connectivity index (χ3v) is 5.79. The van der Waals surface area contributed by atoms with Crippen LogP contribution >= 0.6 is 11.8 Å². The Morgan fingerprint density at radius 2 is 1.89 bits per heavy atom. The Bertz CT molecular complexity index is 231. The smallest absolute Gasteiger partial charge is 0.0669 e. The summed E-state index contributed by atoms with van der Waals surface area (Å²) in [6.07, 6.45) is 12.6. The zero-order valence-corrected chi connectivity index (χ0v) is 12.6. The lowest BCUT2D eigenvalue weighted by atomic mass is 10.00. The normalized spacial score (nSPS) is 29.3. The van der Waals surface area contributed by atoms with Crippen LogP contribution in [-0.2, 0) is 0 Å². The molecule has 1 heterocycles. The standard InChI is InChI=1S/C15H29NOS/c1-18-15-7-4-9-16(10-8-15)12-14(17)11-13-5-2-3-6-13/h13-15,17H,2-12H2,1H3. The Hall–Kier alpha value is 0.270. The molecule has 2 fully saturated rings. The minimum absolute atomic E-state index is 0.0843. The van der Waals surface area contributed by atoms with Gasteiger partial charge in [0.1, 0.15) is 0 Å². The van der Waals surface area contributed by atoms with Crippen LogP contribution in [0.4, 0.5) is 0 Å². The highest BCUT2D eigenvalue weighted by atomic mass is 32.2. The first-order valence-electron chi connectivity index (χ1n) is 7.71. The second-order valence-corrected chi connectivity index (χ2v) is 7.27. The molecule has 1 aliphatic carbocycles. The summed E-state index contributed by atoms with van der Waals surface area (Å²) < 4.78 is 0. The van der Waals surface area contributed by atoms with E-state index in [0.29, 0.717) is 0 Å². The Labute approximate surface area is 117 Å². The molecule has 106 valence electrons. The molecule has 1 aliphatic heterocycles. The highest BCUT2D eigenvalue weighted by Crippen LogP contribution is 2.29. The number of hydrogen-bond acceptors (Lipinski definition) is 3. The summed E-state index contributed by atoms with van der Waals surface area (Å²) in [4.78, 5) is 2.50. The van der Waals surface area contributed by atoms with Crippen LogP contribution in [-0.4, -0.2) is 47.3 Å². The first-order valence-corrected chi connectivity index (χ1v) is 9.00. The van der Waals surface area contributed by atoms with E-state index in [1.807, 2.05) is 11.8 Å². The van der Waals surface area contributed by atoms with Gasteiger partial charge in [0.05, 0.1) is 6.10 Å². The Kier molecular flexibility index (Phi) is 6.33. The molecule has 0 radical (unpaired) electrons. The molecule has 0 spiro atoms. The number of thioether (sulfide) groups is 1. The topological polar surface area (TPSA) is 23.5 Å². The van der Waals surface area contributed by atoms with Crippen LogP contribution in [0.15, 0.2) is 0 Å². The van der Waals surface area contributed by atoms with E-state index in [9.17, 15) is 5.11 Å². The summed E-state index contributed by atoms with van der Waals surface area (Å²) in [5, 5.41) is 11.1. The molecule has 0 aromatic rings. The zero-order valence-electron chi connectivity index (χ0n) is 11.8. The number of hydrogen-bond donors (Lipinski definition) is 1. The Morgan fingerprint density at radius 1 is 1.11 bits per heavy atom. The Balaban J connectivity index is 1.67. The van der Waals surface area contributed by atoms with Gasteiger partial charge in [-0.15, -0.1) is 0 Å². The van der Waals surface area contributed by atoms with Crippen LogP contribution in [0, 0.1) is 5.92 Å². The molecule has 18 heavy (non-hydrogen) atoms. The predicted molar refractivity (Wildman–Crippen MR) is 80.2 cm³/mol. The zero-order chi connectivity index (χ0) is 12.8. The Morgan fingerprint density at radius 3 is 2.61 bits per heavy atom. The summed E-state index contributed by atoms with van der Waals surface area (Å²) in [5.41, 5.74) is 0. The molecular weight excluding hydrogens is 242 g/mol. The van der Waals surface area contributed by atoms with Crippen LogP contribution in [0.25, 0.3) is 0 Å². The van der Waals surface area contributed by atoms with E-state index in [-0.39, 0.29) is 6.10 Å². The molecular formula is C15H29NOS. The van der Waals surface area contributed by atoms with E-state index in [2.05, 4.69) is 11.2 Å². The van der Waals surface area contributed by atoms with Gasteiger partial charge in [0.25, 0.3) is 0 Å². The molecule has 2 atom stereocenters. The molecule has 2 unspecified atom stereocenters. The fraction of sp³-hybridized carbons (Fsp3) is 1.00. The van der Waals surface area contributed by atoms with E-state index >= 15 is 0 Å². The molecule has 3 heteroatoms. The van der Waals surface area contributed by atoms with Gasteiger partial charge in [-0.05, 0) is 50.9 Å². The first kappa shape index (κ1) is 14.7. The van der Waals surface area contributed by atoms with Gasteiger partial charge in [-0.25, -0.2) is 0 Å². The SMILES string of the molecule is CSC1CCCN(CC(O)CC2CCCC2)CC1. The molecule has 2 aliphatic rings. The van der Waals surface area contributed by atoms with Gasteiger partial charge in [0, 0.05) is 11.8 Å². The van der Waals surface area contributed by atoms with Gasteiger partial charge in [-0.1, -0.05) is 25.7 Å². The largest absolute Gasteiger partial charge is 0.392 e. The second kappa shape index (κ2) is 7.76. The third kappa shape index (κ3) is 4.75. The minimum atomic E-state index is -0.0843. The van der Waals surface area contributed by atoms with Crippen molar-refractivity contribution in [1.29, 1.82) is 0 Å². The van der Waals surface area contributed by atoms with Crippen molar-refractivity contribution in [2.45, 2.75) is 62.7 Å². The second-order valence-electron chi connectivity index (χ2n) is 6.13. The van der Waals surface area contributed by atoms with Crippen molar-refractivity contribution < 1.29 is 5.11 Å². The quantitative estimate of drug-likeness (QED) is 0.831. The maximum atomic E-state index is 10.2. The first-order chi connectivity index (χ1) is 8.78. The predicted octanol–water partition coefficient (Wildman–Crippen LogP) is 3.15. The highest BCUT2D eigenvalue weighted by molar-refractivity contribution is 7.99. The maximum absolute atomic E-state index is 10.2. The molecule has 1 saturated heterocycles. The van der Waals surface area contributed by atoms with Gasteiger partial charge < -0.3 is 10.0 Å². The van der Waals surface area contributed by atoms with Gasteiger partial charge in [-0.2, -0.15) is 11.8 Å². The van der Waals surface area contributed by atoms with Gasteiger partial charge in [0.15, 0.2) is 0 Å². The molecule has 0 aromatic heterocycles. The number of likely N-dealkylation sites (tertiary alicyclic amines) is 1. The number of nitrogens with zero attached hydrogens (tertiary/aromatic N) is 1. The summed E-state index contributed by atoms with van der Waals surface area (Å²) in [7, 11) is 0. The van der Waals surface area contributed by atoms with Crippen molar-refractivity contribution in [3.8, 4) is 0 Å². The van der Waals surface area contributed by atoms with Gasteiger partial charge >= 0.3 is 0 Å². The van der Waals surface area contributed by atoms with E-state index in [4.69, 9.17) is 0 Å². The third-order valence-electron chi connectivity index (χ3n) is 4.65. The molecule has 0 bridgehead atoms. The van der Waals surface area contributed by atoms with Gasteiger partial charge in [0.2, 0.25) is 0 Å². The van der Waals surface area contributed by atoms with Crippen molar-refractivity contribution in [2.75, 3.05) is 25.9 Å². The lowest BCUT2D eigenvalue weighted by molar-refractivity contribution is 0.0927. The van der Waals surface area contributed by atoms with E-state index in [0.717, 1.165) is 24.1 Å². The number of aliphatic hydroxyl groups is 1. The van der Waals surface area contributed by atoms with Crippen molar-refractivity contribution >= 4 is 11.8 Å². The number of β-amino-alcohol motifs (C(OH)–C–C–N with tert-alkyl or cyclic N) is 1. The minimum Gasteiger partial charge on any atom is -0.392 e. The molecule has 1 saturated carbocycles. The lowest BCUT2D eigenvalue weighted by Gasteiger charge is -2.24. The molecule has 2 nitrogen and oxygen atoms in total. The average molecular weight is 271 g/mol. The van der Waals surface area contributed by atoms with Crippen LogP contribution in [0.5, 0.6) is 0 Å². The van der Waals surface area contributed by atoms with E-state index < -0.39 is 0 Å². The monoisotopic (exact) mass is 271 g/mol. The fourth-order valence-electron chi connectivity index (χ4n) is 3.55. The number of rotatable bonds is 5. The van der Waals surface area contributed by atoms with Gasteiger partial charge in [-0.3, -0.25) is 0 Å². The van der Waals surface area contributed by atoms with Crippen molar-refractivity contribution in [3.63, 3.8) is 0 Å².